The Labute approximate surface area is 177 Å². The molecule has 0 aliphatic carbocycles. The molecule has 2 atom stereocenters. The van der Waals surface area contributed by atoms with E-state index in [2.05, 4.69) is 19.9 Å². The van der Waals surface area contributed by atoms with Crippen molar-refractivity contribution in [2.45, 2.75) is 64.6 Å². The number of rotatable bonds is 10. The van der Waals surface area contributed by atoms with Crippen LogP contribution in [0.1, 0.15) is 63.5 Å². The van der Waals surface area contributed by atoms with Crippen LogP contribution in [0, 0.1) is 5.82 Å². The summed E-state index contributed by atoms with van der Waals surface area (Å²) in [7, 11) is 0. The van der Waals surface area contributed by atoms with E-state index in [9.17, 15) is 24.5 Å². The molecule has 164 valence electrons. The van der Waals surface area contributed by atoms with Crippen molar-refractivity contribution < 1.29 is 29.2 Å². The fourth-order valence-corrected chi connectivity index (χ4v) is 3.28. The molecule has 0 bridgehead atoms. The highest BCUT2D eigenvalue weighted by Crippen LogP contribution is 2.40. The first-order chi connectivity index (χ1) is 14.1. The molecule has 2 rings (SSSR count). The molecule has 0 radical (unpaired) electrons. The zero-order chi connectivity index (χ0) is 22.4. The molecule has 6 heteroatoms. The van der Waals surface area contributed by atoms with Crippen molar-refractivity contribution in [1.82, 2.24) is 0 Å². The monoisotopic (exact) mass is 417 g/mol. The van der Waals surface area contributed by atoms with E-state index in [1.807, 2.05) is 19.9 Å². The number of aliphatic hydroxyl groups excluding tert-OH is 2. The Morgan fingerprint density at radius 3 is 2.20 bits per heavy atom. The van der Waals surface area contributed by atoms with Crippen LogP contribution in [-0.4, -0.2) is 35.0 Å². The maximum absolute atomic E-state index is 13.4. The van der Waals surface area contributed by atoms with Crippen LogP contribution in [0.15, 0.2) is 36.4 Å². The Bertz CT molecular complexity index is 845. The smallest absolute Gasteiger partial charge is 0.130 e. The molecule has 2 aromatic rings. The Kier molecular flexibility index (Phi) is 8.38. The second-order valence-corrected chi connectivity index (χ2v) is 8.23. The molecule has 0 aliphatic heterocycles. The van der Waals surface area contributed by atoms with Crippen molar-refractivity contribution in [1.29, 1.82) is 0 Å². The molecular formula is C24H30FO5-. The lowest BCUT2D eigenvalue weighted by molar-refractivity contribution is -0.307. The molecule has 0 aromatic heterocycles. The van der Waals surface area contributed by atoms with Gasteiger partial charge in [-0.25, -0.2) is 4.39 Å². The normalized spacial score (nSPS) is 13.5. The first kappa shape index (κ1) is 23.8. The Balaban J connectivity index is 2.38. The standard InChI is InChI=1S/C24H31FO5/c1-14(2)17-9-21(15(3)4)24(22(10-17)16-5-7-18(25)8-6-16)30-13-20(27)11-19(26)12-23(28)29/h5-10,14-15,19-20,26-27H,11-13H2,1-4H3,(H,28,29)/p-1/t19-,20?/m1/s1. The van der Waals surface area contributed by atoms with Crippen molar-refractivity contribution in [3.05, 3.63) is 53.3 Å². The molecular weight excluding hydrogens is 387 g/mol. The van der Waals surface area contributed by atoms with Crippen LogP contribution in [0.4, 0.5) is 4.39 Å². The lowest BCUT2D eigenvalue weighted by Gasteiger charge is -2.23. The number of carbonyl (C=O) groups is 1. The quantitative estimate of drug-likeness (QED) is 0.619. The van der Waals surface area contributed by atoms with Crippen LogP contribution < -0.4 is 9.84 Å². The van der Waals surface area contributed by atoms with Crippen LogP contribution in [-0.2, 0) is 4.79 Å². The highest BCUT2D eigenvalue weighted by Gasteiger charge is 2.20. The molecule has 0 amide bonds. The minimum atomic E-state index is -1.37. The first-order valence-electron chi connectivity index (χ1n) is 10.2. The molecule has 0 fully saturated rings. The van der Waals surface area contributed by atoms with E-state index in [-0.39, 0.29) is 30.7 Å². The Hall–Kier alpha value is -2.44. The predicted molar refractivity (Wildman–Crippen MR) is 112 cm³/mol. The number of hydrogen-bond acceptors (Lipinski definition) is 5. The van der Waals surface area contributed by atoms with E-state index in [0.29, 0.717) is 5.75 Å². The number of ether oxygens (including phenoxy) is 1. The summed E-state index contributed by atoms with van der Waals surface area (Å²) in [5.74, 6) is -0.697. The molecule has 1 unspecified atom stereocenters. The topological polar surface area (TPSA) is 89.8 Å². The zero-order valence-electron chi connectivity index (χ0n) is 17.9. The number of carboxylic acids is 1. The number of aliphatic carboxylic acids is 1. The number of halogens is 1. The van der Waals surface area contributed by atoms with E-state index in [0.717, 1.165) is 22.3 Å². The third-order valence-electron chi connectivity index (χ3n) is 4.95. The molecule has 0 heterocycles. The van der Waals surface area contributed by atoms with Gasteiger partial charge < -0.3 is 24.9 Å². The number of benzene rings is 2. The summed E-state index contributed by atoms with van der Waals surface area (Å²) in [6.07, 6.45) is -2.94. The van der Waals surface area contributed by atoms with Crippen molar-refractivity contribution in [3.8, 4) is 16.9 Å². The van der Waals surface area contributed by atoms with Gasteiger partial charge in [0.15, 0.2) is 0 Å². The number of carboxylic acid groups (broad SMARTS) is 1. The number of carbonyl (C=O) groups excluding carboxylic acids is 1. The third kappa shape index (κ3) is 6.54. The molecule has 2 aromatic carbocycles. The molecule has 0 spiro atoms. The zero-order valence-corrected chi connectivity index (χ0v) is 17.9. The minimum Gasteiger partial charge on any atom is -0.550 e. The predicted octanol–water partition coefficient (Wildman–Crippen LogP) is 3.37. The molecule has 5 nitrogen and oxygen atoms in total. The first-order valence-corrected chi connectivity index (χ1v) is 10.2. The van der Waals surface area contributed by atoms with E-state index in [1.165, 1.54) is 12.1 Å². The molecule has 30 heavy (non-hydrogen) atoms. The maximum atomic E-state index is 13.4. The fourth-order valence-electron chi connectivity index (χ4n) is 3.28. The van der Waals surface area contributed by atoms with E-state index < -0.39 is 24.6 Å². The van der Waals surface area contributed by atoms with Crippen LogP contribution in [0.3, 0.4) is 0 Å². The maximum Gasteiger partial charge on any atom is 0.130 e. The van der Waals surface area contributed by atoms with Crippen LogP contribution in [0.5, 0.6) is 5.75 Å². The number of aliphatic hydroxyl groups is 2. The van der Waals surface area contributed by atoms with Gasteiger partial charge in [-0.3, -0.25) is 0 Å². The highest BCUT2D eigenvalue weighted by molar-refractivity contribution is 5.74. The summed E-state index contributed by atoms with van der Waals surface area (Å²) in [5, 5.41) is 30.5. The summed E-state index contributed by atoms with van der Waals surface area (Å²) in [4.78, 5) is 10.6. The summed E-state index contributed by atoms with van der Waals surface area (Å²) in [6, 6.07) is 10.2. The summed E-state index contributed by atoms with van der Waals surface area (Å²) >= 11 is 0. The van der Waals surface area contributed by atoms with Crippen molar-refractivity contribution in [2.75, 3.05) is 6.61 Å². The number of hydrogen-bond donors (Lipinski definition) is 2. The highest BCUT2D eigenvalue weighted by atomic mass is 19.1. The van der Waals surface area contributed by atoms with Gasteiger partial charge in [-0.15, -0.1) is 0 Å². The van der Waals surface area contributed by atoms with Gasteiger partial charge in [-0.2, -0.15) is 0 Å². The molecule has 2 N–H and O–H groups in total. The van der Waals surface area contributed by atoms with Crippen molar-refractivity contribution in [3.63, 3.8) is 0 Å². The average molecular weight is 417 g/mol. The lowest BCUT2D eigenvalue weighted by Crippen LogP contribution is -2.31. The molecule has 0 saturated heterocycles. The van der Waals surface area contributed by atoms with Crippen molar-refractivity contribution in [2.24, 2.45) is 0 Å². The van der Waals surface area contributed by atoms with Gasteiger partial charge in [0.1, 0.15) is 18.2 Å². The van der Waals surface area contributed by atoms with Crippen LogP contribution in [0.25, 0.3) is 11.1 Å². The van der Waals surface area contributed by atoms with Gasteiger partial charge in [0, 0.05) is 24.4 Å². The van der Waals surface area contributed by atoms with E-state index in [4.69, 9.17) is 4.74 Å². The largest absolute Gasteiger partial charge is 0.550 e. The van der Waals surface area contributed by atoms with Gasteiger partial charge in [0.2, 0.25) is 0 Å². The second kappa shape index (κ2) is 10.5. The van der Waals surface area contributed by atoms with Gasteiger partial charge in [0.25, 0.3) is 0 Å². The SMILES string of the molecule is CC(C)c1cc(-c2ccc(F)cc2)c(OCC(O)C[C@@H](O)CC(=O)[O-])c(C(C)C)c1. The fraction of sp³-hybridized carbons (Fsp3) is 0.458. The van der Waals surface area contributed by atoms with Crippen LogP contribution in [0.2, 0.25) is 0 Å². The molecule has 0 aliphatic rings. The van der Waals surface area contributed by atoms with Gasteiger partial charge >= 0.3 is 0 Å². The van der Waals surface area contributed by atoms with Gasteiger partial charge in [-0.1, -0.05) is 45.9 Å². The summed E-state index contributed by atoms with van der Waals surface area (Å²) < 4.78 is 19.4. The van der Waals surface area contributed by atoms with Crippen LogP contribution >= 0.6 is 0 Å². The summed E-state index contributed by atoms with van der Waals surface area (Å²) in [6.45, 7) is 8.16. The lowest BCUT2D eigenvalue weighted by atomic mass is 9.89. The summed E-state index contributed by atoms with van der Waals surface area (Å²) in [5.41, 5.74) is 3.67. The Morgan fingerprint density at radius 1 is 1.03 bits per heavy atom. The van der Waals surface area contributed by atoms with Crippen molar-refractivity contribution >= 4 is 5.97 Å². The van der Waals surface area contributed by atoms with Gasteiger partial charge in [0.05, 0.1) is 12.2 Å². The second-order valence-electron chi connectivity index (χ2n) is 8.23. The molecule has 0 saturated carbocycles. The third-order valence-corrected chi connectivity index (χ3v) is 4.95. The average Bonchev–Trinajstić information content (AvgIpc) is 2.65. The van der Waals surface area contributed by atoms with E-state index >= 15 is 0 Å². The van der Waals surface area contributed by atoms with Gasteiger partial charge in [-0.05, 0) is 46.7 Å². The Morgan fingerprint density at radius 2 is 1.67 bits per heavy atom. The van der Waals surface area contributed by atoms with E-state index in [1.54, 1.807) is 12.1 Å². The minimum absolute atomic E-state index is 0.112.